The van der Waals surface area contributed by atoms with Crippen LogP contribution in [-0.2, 0) is 23.8 Å². The average molecular weight is 463 g/mol. The Bertz CT molecular complexity index is 937. The molecule has 0 aliphatic heterocycles. The summed E-state index contributed by atoms with van der Waals surface area (Å²) in [6.45, 7) is 5.53. The highest BCUT2D eigenvalue weighted by Crippen LogP contribution is 2.65. The van der Waals surface area contributed by atoms with Crippen LogP contribution in [0.15, 0.2) is 23.5 Å². The summed E-state index contributed by atoms with van der Waals surface area (Å²) in [4.78, 5) is 11.4. The van der Waals surface area contributed by atoms with E-state index in [1.165, 1.54) is 12.5 Å². The molecule has 174 valence electrons. The summed E-state index contributed by atoms with van der Waals surface area (Å²) < 4.78 is 71.9. The van der Waals surface area contributed by atoms with Gasteiger partial charge in [-0.1, -0.05) is 25.5 Å². The van der Waals surface area contributed by atoms with E-state index in [9.17, 15) is 26.4 Å². The second-order valence-electron chi connectivity index (χ2n) is 9.98. The molecule has 0 spiro atoms. The monoisotopic (exact) mass is 462 g/mol. The molecular weight excluding hydrogens is 433 g/mol. The summed E-state index contributed by atoms with van der Waals surface area (Å²) in [6.07, 6.45) is 8.84. The molecule has 2 saturated carbocycles. The van der Waals surface area contributed by atoms with E-state index in [0.717, 1.165) is 32.1 Å². The van der Waals surface area contributed by atoms with Gasteiger partial charge in [-0.3, -0.25) is 4.79 Å². The van der Waals surface area contributed by atoms with Gasteiger partial charge in [0, 0.05) is 18.8 Å². The highest BCUT2D eigenvalue weighted by Gasteiger charge is 2.59. The third-order valence-corrected chi connectivity index (χ3v) is 9.35. The van der Waals surface area contributed by atoms with Crippen molar-refractivity contribution in [2.45, 2.75) is 77.3 Å². The van der Waals surface area contributed by atoms with E-state index >= 15 is 0 Å². The smallest absolute Gasteiger partial charge is 0.462 e. The van der Waals surface area contributed by atoms with E-state index in [-0.39, 0.29) is 35.1 Å². The van der Waals surface area contributed by atoms with Crippen LogP contribution < -0.4 is 0 Å². The molecule has 4 aliphatic rings. The maximum absolute atomic E-state index is 12.9. The van der Waals surface area contributed by atoms with Gasteiger partial charge < -0.3 is 8.92 Å². The molecule has 0 aromatic rings. The second kappa shape index (κ2) is 7.25. The number of allylic oxidation sites excluding steroid dienone is 3. The third kappa shape index (κ3) is 3.60. The van der Waals surface area contributed by atoms with Crippen LogP contribution in [0.25, 0.3) is 0 Å². The van der Waals surface area contributed by atoms with Gasteiger partial charge in [0.25, 0.3) is 0 Å². The summed E-state index contributed by atoms with van der Waals surface area (Å²) in [5.74, 6) is 0.353. The number of carbonyl (C=O) groups is 1. The van der Waals surface area contributed by atoms with Gasteiger partial charge in [-0.2, -0.15) is 21.6 Å². The van der Waals surface area contributed by atoms with Crippen LogP contribution in [0.2, 0.25) is 0 Å². The minimum Gasteiger partial charge on any atom is -0.462 e. The van der Waals surface area contributed by atoms with Gasteiger partial charge in [0.2, 0.25) is 0 Å². The molecule has 2 fully saturated rings. The molecule has 6 atom stereocenters. The van der Waals surface area contributed by atoms with Crippen molar-refractivity contribution in [2.24, 2.45) is 28.6 Å². The van der Waals surface area contributed by atoms with Gasteiger partial charge in [0.1, 0.15) is 11.9 Å². The summed E-state index contributed by atoms with van der Waals surface area (Å²) in [5, 5.41) is 0. The largest absolute Gasteiger partial charge is 0.534 e. The molecule has 0 bridgehead atoms. The fourth-order valence-electron chi connectivity index (χ4n) is 6.79. The van der Waals surface area contributed by atoms with Gasteiger partial charge in [0.15, 0.2) is 0 Å². The fraction of sp³-hybridized carbons (Fsp3) is 0.773. The molecule has 0 aromatic heterocycles. The van der Waals surface area contributed by atoms with Crippen molar-refractivity contribution in [1.29, 1.82) is 0 Å². The van der Waals surface area contributed by atoms with E-state index in [1.807, 2.05) is 6.92 Å². The van der Waals surface area contributed by atoms with Crippen molar-refractivity contribution in [3.63, 3.8) is 0 Å². The lowest BCUT2D eigenvalue weighted by Gasteiger charge is -2.57. The van der Waals surface area contributed by atoms with Crippen molar-refractivity contribution >= 4 is 16.1 Å². The van der Waals surface area contributed by atoms with Crippen molar-refractivity contribution in [2.75, 3.05) is 0 Å². The third-order valence-electron chi connectivity index (χ3n) is 8.38. The Labute approximate surface area is 181 Å². The van der Waals surface area contributed by atoms with Gasteiger partial charge in [-0.15, -0.1) is 0 Å². The lowest BCUT2D eigenvalue weighted by molar-refractivity contribution is -0.148. The minimum atomic E-state index is -5.67. The zero-order valence-corrected chi connectivity index (χ0v) is 18.8. The van der Waals surface area contributed by atoms with Crippen LogP contribution in [0.1, 0.15) is 65.7 Å². The van der Waals surface area contributed by atoms with Crippen molar-refractivity contribution in [3.05, 3.63) is 23.5 Å². The molecular formula is C22H29F3O5S. The number of halogens is 3. The van der Waals surface area contributed by atoms with E-state index in [0.29, 0.717) is 18.8 Å². The number of rotatable bonds is 3. The molecule has 4 rings (SSSR count). The highest BCUT2D eigenvalue weighted by atomic mass is 32.2. The Morgan fingerprint density at radius 1 is 1.06 bits per heavy atom. The second-order valence-corrected chi connectivity index (χ2v) is 11.5. The van der Waals surface area contributed by atoms with Crippen molar-refractivity contribution in [3.8, 4) is 0 Å². The molecule has 0 saturated heterocycles. The number of fused-ring (bicyclic) bond motifs is 5. The van der Waals surface area contributed by atoms with E-state index < -0.39 is 21.0 Å². The molecule has 0 radical (unpaired) electrons. The number of alkyl halides is 3. The fourth-order valence-corrected chi connectivity index (χ4v) is 7.37. The first-order valence-electron chi connectivity index (χ1n) is 10.9. The van der Waals surface area contributed by atoms with Crippen LogP contribution in [-0.4, -0.2) is 26.0 Å². The number of esters is 1. The quantitative estimate of drug-likeness (QED) is 0.248. The summed E-state index contributed by atoms with van der Waals surface area (Å²) in [7, 11) is -5.67. The first-order valence-corrected chi connectivity index (χ1v) is 12.3. The zero-order chi connectivity index (χ0) is 22.8. The normalized spacial score (nSPS) is 40.1. The first kappa shape index (κ1) is 22.7. The molecule has 9 heteroatoms. The maximum atomic E-state index is 12.9. The maximum Gasteiger partial charge on any atom is 0.534 e. The van der Waals surface area contributed by atoms with Gasteiger partial charge in [0.05, 0.1) is 0 Å². The Hall–Kier alpha value is -1.51. The van der Waals surface area contributed by atoms with Crippen LogP contribution >= 0.6 is 0 Å². The Balaban J connectivity index is 1.55. The van der Waals surface area contributed by atoms with E-state index in [2.05, 4.69) is 17.2 Å². The molecule has 31 heavy (non-hydrogen) atoms. The Kier molecular flexibility index (Phi) is 5.30. The first-order chi connectivity index (χ1) is 14.3. The molecule has 4 aliphatic carbocycles. The lowest BCUT2D eigenvalue weighted by Crippen LogP contribution is -2.50. The van der Waals surface area contributed by atoms with Crippen molar-refractivity contribution < 1.29 is 35.3 Å². The van der Waals surface area contributed by atoms with E-state index in [4.69, 9.17) is 4.74 Å². The topological polar surface area (TPSA) is 69.7 Å². The summed E-state index contributed by atoms with van der Waals surface area (Å²) in [6, 6.07) is 0. The predicted octanol–water partition coefficient (Wildman–Crippen LogP) is 5.24. The number of ether oxygens (including phenoxy) is 1. The van der Waals surface area contributed by atoms with Crippen LogP contribution in [0, 0.1) is 28.6 Å². The predicted molar refractivity (Wildman–Crippen MR) is 107 cm³/mol. The number of hydrogen-bond donors (Lipinski definition) is 0. The lowest BCUT2D eigenvalue weighted by atomic mass is 9.48. The molecule has 0 N–H and O–H groups in total. The number of hydrogen-bond acceptors (Lipinski definition) is 5. The minimum absolute atomic E-state index is 0.0252. The summed E-state index contributed by atoms with van der Waals surface area (Å²) in [5.41, 5.74) is -4.86. The SMILES string of the molecule is CC(=O)O[C@H]1CC[C@@]2(C)C(=CC[C@@H]3[C@H]4CC=C(OS(=O)(=O)C(F)(F)F)[C@@]4(C)CC[C@@H]32)C1. The molecule has 0 aromatic carbocycles. The van der Waals surface area contributed by atoms with Gasteiger partial charge >= 0.3 is 21.6 Å². The molecule has 0 unspecified atom stereocenters. The molecule has 0 heterocycles. The van der Waals surface area contributed by atoms with Crippen LogP contribution in [0.4, 0.5) is 13.2 Å². The summed E-state index contributed by atoms with van der Waals surface area (Å²) >= 11 is 0. The van der Waals surface area contributed by atoms with Gasteiger partial charge in [-0.05, 0) is 67.8 Å². The standard InChI is InChI=1S/C22H29F3O5S/c1-13(26)29-15-8-10-20(2)14(12-15)4-5-16-17-6-7-19(21(17,3)11-9-18(16)20)30-31(27,28)22(23,24)25/h4,7,15-18H,5-6,8-12H2,1-3H3/t15-,16+,17+,18-,20-,21-/m0/s1. The van der Waals surface area contributed by atoms with Crippen LogP contribution in [0.5, 0.6) is 0 Å². The number of carbonyl (C=O) groups excluding carboxylic acids is 1. The Morgan fingerprint density at radius 2 is 1.74 bits per heavy atom. The highest BCUT2D eigenvalue weighted by molar-refractivity contribution is 7.87. The molecule has 5 nitrogen and oxygen atoms in total. The van der Waals surface area contributed by atoms with Crippen molar-refractivity contribution in [1.82, 2.24) is 0 Å². The van der Waals surface area contributed by atoms with Gasteiger partial charge in [-0.25, -0.2) is 0 Å². The van der Waals surface area contributed by atoms with E-state index in [1.54, 1.807) is 6.08 Å². The molecule has 0 amide bonds. The zero-order valence-electron chi connectivity index (χ0n) is 18.0. The van der Waals surface area contributed by atoms with Crippen LogP contribution in [0.3, 0.4) is 0 Å². The average Bonchev–Trinajstić information content (AvgIpc) is 2.96. The Morgan fingerprint density at radius 3 is 2.39 bits per heavy atom.